The van der Waals surface area contributed by atoms with Gasteiger partial charge in [0.05, 0.1) is 36.8 Å². The molecule has 0 saturated heterocycles. The molecule has 4 nitrogen and oxygen atoms in total. The highest BCUT2D eigenvalue weighted by Gasteiger charge is 2.23. The lowest BCUT2D eigenvalue weighted by molar-refractivity contribution is 0.103. The number of hydrogen-bond acceptors (Lipinski definition) is 5. The Bertz CT molecular complexity index is 636. The van der Waals surface area contributed by atoms with E-state index in [9.17, 15) is 4.79 Å². The van der Waals surface area contributed by atoms with Crippen molar-refractivity contribution in [1.29, 1.82) is 0 Å². The van der Waals surface area contributed by atoms with E-state index in [4.69, 9.17) is 25.8 Å². The van der Waals surface area contributed by atoms with Crippen molar-refractivity contribution >= 4 is 28.7 Å². The van der Waals surface area contributed by atoms with Crippen LogP contribution in [0.5, 0.6) is 17.2 Å². The van der Waals surface area contributed by atoms with Gasteiger partial charge in [-0.2, -0.15) is 0 Å². The largest absolute Gasteiger partial charge is 0.493 e. The molecule has 0 atom stereocenters. The molecule has 20 heavy (non-hydrogen) atoms. The lowest BCUT2D eigenvalue weighted by Gasteiger charge is -2.14. The molecule has 0 fully saturated rings. The zero-order valence-corrected chi connectivity index (χ0v) is 12.8. The normalized spacial score (nSPS) is 10.2. The number of thiophene rings is 1. The van der Waals surface area contributed by atoms with E-state index in [1.54, 1.807) is 23.6 Å². The number of ether oxygens (including phenoxy) is 3. The van der Waals surface area contributed by atoms with Crippen molar-refractivity contribution in [3.05, 3.63) is 39.0 Å². The molecule has 0 aliphatic heterocycles. The van der Waals surface area contributed by atoms with Gasteiger partial charge in [0.1, 0.15) is 0 Å². The van der Waals surface area contributed by atoms with Gasteiger partial charge in [-0.15, -0.1) is 11.3 Å². The van der Waals surface area contributed by atoms with E-state index >= 15 is 0 Å². The summed E-state index contributed by atoms with van der Waals surface area (Å²) in [5.74, 6) is 1.01. The molecule has 0 unspecified atom stereocenters. The lowest BCUT2D eigenvalue weighted by atomic mass is 10.1. The molecule has 0 aliphatic carbocycles. The number of carbonyl (C=O) groups is 1. The SMILES string of the molecule is COc1ccc(C(=O)c2sccc2Cl)c(OC)c1OC. The zero-order valence-electron chi connectivity index (χ0n) is 11.2. The maximum atomic E-state index is 12.5. The lowest BCUT2D eigenvalue weighted by Crippen LogP contribution is -2.05. The maximum Gasteiger partial charge on any atom is 0.208 e. The standard InChI is InChI=1S/C14H13ClO4S/c1-17-10-5-4-8(12(18-2)13(10)19-3)11(16)14-9(15)6-7-20-14/h4-7H,1-3H3. The average molecular weight is 313 g/mol. The molecule has 1 heterocycles. The topological polar surface area (TPSA) is 44.8 Å². The first-order valence-corrected chi connectivity index (χ1v) is 6.96. The van der Waals surface area contributed by atoms with Gasteiger partial charge in [-0.05, 0) is 23.6 Å². The summed E-state index contributed by atoms with van der Waals surface area (Å²) >= 11 is 7.29. The fourth-order valence-corrected chi connectivity index (χ4v) is 2.95. The number of methoxy groups -OCH3 is 3. The molecule has 0 amide bonds. The number of benzene rings is 1. The average Bonchev–Trinajstić information content (AvgIpc) is 2.90. The fourth-order valence-electron chi connectivity index (χ4n) is 1.86. The first-order valence-electron chi connectivity index (χ1n) is 5.70. The second-order valence-corrected chi connectivity index (χ2v) is 5.13. The van der Waals surface area contributed by atoms with Crippen LogP contribution in [0, 0.1) is 0 Å². The molecule has 0 radical (unpaired) electrons. The van der Waals surface area contributed by atoms with E-state index in [0.717, 1.165) is 0 Å². The van der Waals surface area contributed by atoms with Gasteiger partial charge < -0.3 is 14.2 Å². The minimum absolute atomic E-state index is 0.206. The van der Waals surface area contributed by atoms with Crippen molar-refractivity contribution in [1.82, 2.24) is 0 Å². The summed E-state index contributed by atoms with van der Waals surface area (Å²) in [6.07, 6.45) is 0. The van der Waals surface area contributed by atoms with E-state index in [-0.39, 0.29) is 5.78 Å². The monoisotopic (exact) mass is 312 g/mol. The van der Waals surface area contributed by atoms with Gasteiger partial charge in [0, 0.05) is 0 Å². The van der Waals surface area contributed by atoms with Crippen LogP contribution in [0.4, 0.5) is 0 Å². The zero-order chi connectivity index (χ0) is 14.7. The molecule has 0 saturated carbocycles. The molecule has 0 N–H and O–H groups in total. The molecule has 106 valence electrons. The second-order valence-electron chi connectivity index (χ2n) is 3.81. The number of hydrogen-bond donors (Lipinski definition) is 0. The van der Waals surface area contributed by atoms with Crippen molar-refractivity contribution in [2.75, 3.05) is 21.3 Å². The Labute approximate surface area is 125 Å². The molecule has 2 aromatic rings. The van der Waals surface area contributed by atoms with Gasteiger partial charge in [-0.1, -0.05) is 11.6 Å². The Morgan fingerprint density at radius 3 is 2.25 bits per heavy atom. The Balaban J connectivity index is 2.57. The second kappa shape index (κ2) is 6.15. The Hall–Kier alpha value is -1.72. The molecule has 1 aromatic carbocycles. The molecular weight excluding hydrogens is 300 g/mol. The van der Waals surface area contributed by atoms with Crippen molar-refractivity contribution in [3.63, 3.8) is 0 Å². The summed E-state index contributed by atoms with van der Waals surface area (Å²) < 4.78 is 15.8. The minimum atomic E-state index is -0.206. The van der Waals surface area contributed by atoms with Crippen molar-refractivity contribution in [3.8, 4) is 17.2 Å². The highest BCUT2D eigenvalue weighted by molar-refractivity contribution is 7.13. The number of carbonyl (C=O) groups excluding carboxylic acids is 1. The van der Waals surface area contributed by atoms with Gasteiger partial charge in [-0.25, -0.2) is 0 Å². The third-order valence-corrected chi connectivity index (χ3v) is 4.11. The summed E-state index contributed by atoms with van der Waals surface area (Å²) in [7, 11) is 4.49. The molecule has 2 rings (SSSR count). The van der Waals surface area contributed by atoms with Crippen molar-refractivity contribution in [2.45, 2.75) is 0 Å². The van der Waals surface area contributed by atoms with Crippen LogP contribution in [0.15, 0.2) is 23.6 Å². The Kier molecular flexibility index (Phi) is 4.52. The predicted molar refractivity (Wildman–Crippen MR) is 78.9 cm³/mol. The Morgan fingerprint density at radius 2 is 1.75 bits per heavy atom. The molecule has 6 heteroatoms. The van der Waals surface area contributed by atoms with Crippen molar-refractivity contribution < 1.29 is 19.0 Å². The van der Waals surface area contributed by atoms with Crippen LogP contribution < -0.4 is 14.2 Å². The van der Waals surface area contributed by atoms with Gasteiger partial charge in [-0.3, -0.25) is 4.79 Å². The van der Waals surface area contributed by atoms with E-state index in [0.29, 0.717) is 32.7 Å². The van der Waals surface area contributed by atoms with Crippen LogP contribution in [-0.2, 0) is 0 Å². The van der Waals surface area contributed by atoms with Crippen LogP contribution >= 0.6 is 22.9 Å². The van der Waals surface area contributed by atoms with Gasteiger partial charge >= 0.3 is 0 Å². The van der Waals surface area contributed by atoms with Gasteiger partial charge in [0.15, 0.2) is 11.5 Å². The van der Waals surface area contributed by atoms with Gasteiger partial charge in [0.2, 0.25) is 11.5 Å². The van der Waals surface area contributed by atoms with Crippen molar-refractivity contribution in [2.24, 2.45) is 0 Å². The highest BCUT2D eigenvalue weighted by atomic mass is 35.5. The molecular formula is C14H13ClO4S. The van der Waals surface area contributed by atoms with E-state index in [1.807, 2.05) is 0 Å². The first-order chi connectivity index (χ1) is 9.63. The summed E-state index contributed by atoms with van der Waals surface area (Å²) in [6.45, 7) is 0. The highest BCUT2D eigenvalue weighted by Crippen LogP contribution is 2.41. The minimum Gasteiger partial charge on any atom is -0.493 e. The third kappa shape index (κ3) is 2.46. The van der Waals surface area contributed by atoms with Crippen LogP contribution in [0.3, 0.4) is 0 Å². The summed E-state index contributed by atoms with van der Waals surface area (Å²) in [4.78, 5) is 13.0. The fraction of sp³-hybridized carbons (Fsp3) is 0.214. The smallest absolute Gasteiger partial charge is 0.208 e. The van der Waals surface area contributed by atoms with Crippen LogP contribution in [-0.4, -0.2) is 27.1 Å². The summed E-state index contributed by atoms with van der Waals surface area (Å²) in [6, 6.07) is 4.99. The van der Waals surface area contributed by atoms with Crippen LogP contribution in [0.1, 0.15) is 15.2 Å². The third-order valence-electron chi connectivity index (χ3n) is 2.77. The van der Waals surface area contributed by atoms with E-state index in [2.05, 4.69) is 0 Å². The number of halogens is 1. The number of ketones is 1. The molecule has 0 aliphatic rings. The summed E-state index contributed by atoms with van der Waals surface area (Å²) in [5.41, 5.74) is 0.384. The maximum absolute atomic E-state index is 12.5. The molecule has 0 spiro atoms. The van der Waals surface area contributed by atoms with Crippen LogP contribution in [0.2, 0.25) is 5.02 Å². The summed E-state index contributed by atoms with van der Waals surface area (Å²) in [5, 5.41) is 2.19. The number of rotatable bonds is 5. The van der Waals surface area contributed by atoms with Crippen LogP contribution in [0.25, 0.3) is 0 Å². The van der Waals surface area contributed by atoms with E-state index in [1.165, 1.54) is 32.7 Å². The van der Waals surface area contributed by atoms with E-state index < -0.39 is 0 Å². The molecule has 0 bridgehead atoms. The Morgan fingerprint density at radius 1 is 1.05 bits per heavy atom. The predicted octanol–water partition coefficient (Wildman–Crippen LogP) is 3.66. The van der Waals surface area contributed by atoms with Gasteiger partial charge in [0.25, 0.3) is 0 Å². The quantitative estimate of drug-likeness (QED) is 0.790. The molecule has 1 aromatic heterocycles. The first kappa shape index (κ1) is 14.7.